The van der Waals surface area contributed by atoms with Gasteiger partial charge < -0.3 is 10.2 Å². The molecule has 0 amide bonds. The van der Waals surface area contributed by atoms with Gasteiger partial charge in [0, 0.05) is 50.5 Å². The Morgan fingerprint density at radius 1 is 0.667 bits per heavy atom. The van der Waals surface area contributed by atoms with Gasteiger partial charge in [0.25, 0.3) is 0 Å². The average Bonchev–Trinajstić information content (AvgIpc) is 3.36. The van der Waals surface area contributed by atoms with Gasteiger partial charge in [0.2, 0.25) is 0 Å². The van der Waals surface area contributed by atoms with Crippen LogP contribution in [0, 0.1) is 0 Å². The first-order valence-electron chi connectivity index (χ1n) is 9.99. The summed E-state index contributed by atoms with van der Waals surface area (Å²) in [6.07, 6.45) is 5.25. The van der Waals surface area contributed by atoms with Crippen LogP contribution in [0.25, 0.3) is 0 Å². The summed E-state index contributed by atoms with van der Waals surface area (Å²) in [5, 5.41) is 21.3. The molecule has 2 saturated heterocycles. The molecule has 2 nitrogen and oxygen atoms in total. The van der Waals surface area contributed by atoms with Crippen molar-refractivity contribution in [1.82, 2.24) is 0 Å². The van der Waals surface area contributed by atoms with Crippen LogP contribution in [0.5, 0.6) is 11.5 Å². The molecule has 0 saturated carbocycles. The highest BCUT2D eigenvalue weighted by Crippen LogP contribution is 2.43. The van der Waals surface area contributed by atoms with E-state index in [9.17, 15) is 10.2 Å². The molecule has 2 aliphatic heterocycles. The Hall–Kier alpha value is -1.26. The van der Waals surface area contributed by atoms with Crippen molar-refractivity contribution in [3.63, 3.8) is 0 Å². The minimum Gasteiger partial charge on any atom is -0.508 e. The van der Waals surface area contributed by atoms with E-state index in [2.05, 4.69) is 38.1 Å². The second-order valence-corrected chi connectivity index (χ2v) is 12.7. The topological polar surface area (TPSA) is 40.5 Å². The second-order valence-electron chi connectivity index (χ2n) is 8.20. The van der Waals surface area contributed by atoms with E-state index in [1.807, 2.05) is 12.1 Å². The van der Waals surface area contributed by atoms with Gasteiger partial charge in [-0.3, -0.25) is 0 Å². The first kappa shape index (κ1) is 19.1. The number of benzene rings is 2. The number of hydrogen-bond acceptors (Lipinski definition) is 2. The number of phenolic OH excluding ortho intramolecular Hbond substituents is 2. The lowest BCUT2D eigenvalue weighted by Gasteiger charge is -2.28. The predicted molar refractivity (Wildman–Crippen MR) is 118 cm³/mol. The molecule has 27 heavy (non-hydrogen) atoms. The normalized spacial score (nSPS) is 19.0. The molecule has 4 rings (SSSR count). The lowest BCUT2D eigenvalue weighted by atomic mass is 9.77. The number of rotatable bonds is 4. The smallest absolute Gasteiger partial charge is 0.155 e. The quantitative estimate of drug-likeness (QED) is 0.709. The lowest BCUT2D eigenvalue weighted by Crippen LogP contribution is -2.21. The average molecular weight is 403 g/mol. The third-order valence-electron chi connectivity index (χ3n) is 6.01. The zero-order valence-corrected chi connectivity index (χ0v) is 18.0. The van der Waals surface area contributed by atoms with Crippen molar-refractivity contribution in [1.29, 1.82) is 0 Å². The van der Waals surface area contributed by atoms with Crippen molar-refractivity contribution < 1.29 is 10.2 Å². The van der Waals surface area contributed by atoms with Crippen molar-refractivity contribution in [2.24, 2.45) is 0 Å². The highest BCUT2D eigenvalue weighted by atomic mass is 32.2. The fourth-order valence-corrected chi connectivity index (χ4v) is 8.97. The Balaban J connectivity index is 1.74. The summed E-state index contributed by atoms with van der Waals surface area (Å²) < 4.78 is 0. The molecule has 0 spiro atoms. The van der Waals surface area contributed by atoms with Crippen molar-refractivity contribution in [3.8, 4) is 11.5 Å². The molecular weight excluding hydrogens is 372 g/mol. The van der Waals surface area contributed by atoms with Crippen molar-refractivity contribution in [3.05, 3.63) is 47.5 Å². The standard InChI is InChI=1S/C23H28O2S2/c1-23(2,19-15-17(7-9-21(19)24)26-11-3-4-12-26)20-16-18(8-10-22(20)25)27-13-5-6-14-27/h7-10,15-16H,3-6,11-14H2,1-2H3/p+2. The number of hydrogen-bond donors (Lipinski definition) is 2. The van der Waals surface area contributed by atoms with Gasteiger partial charge in [0.1, 0.15) is 34.5 Å². The molecule has 2 fully saturated rings. The Bertz CT molecular complexity index is 752. The molecule has 0 bridgehead atoms. The van der Waals surface area contributed by atoms with Crippen LogP contribution in [0.1, 0.15) is 50.7 Å². The summed E-state index contributed by atoms with van der Waals surface area (Å²) in [5.41, 5.74) is 1.43. The highest BCUT2D eigenvalue weighted by molar-refractivity contribution is 7.97. The molecule has 2 N–H and O–H groups in total. The molecule has 2 aromatic rings. The molecule has 0 atom stereocenters. The maximum Gasteiger partial charge on any atom is 0.155 e. The zero-order chi connectivity index (χ0) is 19.0. The second kappa shape index (κ2) is 7.63. The van der Waals surface area contributed by atoms with Crippen molar-refractivity contribution in [2.75, 3.05) is 23.0 Å². The minimum absolute atomic E-state index is 0.316. The SMILES string of the molecule is CC(C)(c1cc([S+]2CCCC2)ccc1O)c1cc([S+]2CCCC2)ccc1O. The molecule has 0 radical (unpaired) electrons. The Kier molecular flexibility index (Phi) is 5.39. The van der Waals surface area contributed by atoms with E-state index in [1.165, 1.54) is 58.5 Å². The Labute approximate surface area is 168 Å². The first-order chi connectivity index (χ1) is 13.0. The van der Waals surface area contributed by atoms with Gasteiger partial charge in [-0.05, 0) is 49.9 Å². The monoisotopic (exact) mass is 402 g/mol. The third-order valence-corrected chi connectivity index (χ3v) is 11.0. The molecule has 4 heteroatoms. The van der Waals surface area contributed by atoms with Crippen LogP contribution < -0.4 is 0 Å². The largest absolute Gasteiger partial charge is 0.508 e. The van der Waals surface area contributed by atoms with Crippen LogP contribution in [-0.2, 0) is 27.2 Å². The Morgan fingerprint density at radius 3 is 1.41 bits per heavy atom. The molecule has 0 unspecified atom stereocenters. The third kappa shape index (κ3) is 3.71. The van der Waals surface area contributed by atoms with Crippen LogP contribution in [0.15, 0.2) is 46.2 Å². The van der Waals surface area contributed by atoms with Gasteiger partial charge >= 0.3 is 0 Å². The lowest BCUT2D eigenvalue weighted by molar-refractivity contribution is 0.434. The van der Waals surface area contributed by atoms with Gasteiger partial charge in [-0.25, -0.2) is 0 Å². The van der Waals surface area contributed by atoms with Gasteiger partial charge in [-0.15, -0.1) is 0 Å². The van der Waals surface area contributed by atoms with E-state index < -0.39 is 5.41 Å². The van der Waals surface area contributed by atoms with Crippen LogP contribution >= 0.6 is 0 Å². The van der Waals surface area contributed by atoms with Gasteiger partial charge in [-0.2, -0.15) is 0 Å². The van der Waals surface area contributed by atoms with E-state index in [1.54, 1.807) is 0 Å². The van der Waals surface area contributed by atoms with E-state index in [0.717, 1.165) is 11.1 Å². The summed E-state index contributed by atoms with van der Waals surface area (Å²) in [7, 11) is 0.631. The maximum atomic E-state index is 10.7. The highest BCUT2D eigenvalue weighted by Gasteiger charge is 2.35. The van der Waals surface area contributed by atoms with Crippen molar-refractivity contribution >= 4 is 21.8 Å². The molecule has 2 heterocycles. The van der Waals surface area contributed by atoms with Gasteiger partial charge in [-0.1, -0.05) is 13.8 Å². The van der Waals surface area contributed by atoms with Crippen LogP contribution in [-0.4, -0.2) is 33.2 Å². The minimum atomic E-state index is -0.438. The summed E-state index contributed by atoms with van der Waals surface area (Å²) in [5.74, 6) is 5.75. The Morgan fingerprint density at radius 2 is 1.04 bits per heavy atom. The molecule has 2 aromatic carbocycles. The van der Waals surface area contributed by atoms with E-state index >= 15 is 0 Å². The zero-order valence-electron chi connectivity index (χ0n) is 16.3. The molecule has 144 valence electrons. The maximum absolute atomic E-state index is 10.7. The summed E-state index contributed by atoms with van der Waals surface area (Å²) in [6.45, 7) is 4.25. The fourth-order valence-electron chi connectivity index (χ4n) is 4.32. The molecule has 0 aliphatic carbocycles. The van der Waals surface area contributed by atoms with E-state index in [4.69, 9.17) is 0 Å². The number of phenols is 2. The van der Waals surface area contributed by atoms with Gasteiger partial charge in [0.15, 0.2) is 9.79 Å². The molecular formula is C23H30O2S2+2. The summed E-state index contributed by atoms with van der Waals surface area (Å²) in [6, 6.07) is 12.3. The van der Waals surface area contributed by atoms with Crippen LogP contribution in [0.4, 0.5) is 0 Å². The van der Waals surface area contributed by atoms with Crippen molar-refractivity contribution in [2.45, 2.75) is 54.7 Å². The fraction of sp³-hybridized carbons (Fsp3) is 0.478. The molecule has 2 aliphatic rings. The molecule has 0 aromatic heterocycles. The van der Waals surface area contributed by atoms with Crippen LogP contribution in [0.2, 0.25) is 0 Å². The van der Waals surface area contributed by atoms with E-state index in [-0.39, 0.29) is 0 Å². The first-order valence-corrected chi connectivity index (χ1v) is 13.1. The van der Waals surface area contributed by atoms with Gasteiger partial charge in [0.05, 0.1) is 0 Å². The summed E-state index contributed by atoms with van der Waals surface area (Å²) in [4.78, 5) is 2.73. The van der Waals surface area contributed by atoms with E-state index in [0.29, 0.717) is 33.3 Å². The predicted octanol–water partition coefficient (Wildman–Crippen LogP) is 4.97. The number of aromatic hydroxyl groups is 2. The van der Waals surface area contributed by atoms with Crippen LogP contribution in [0.3, 0.4) is 0 Å². The summed E-state index contributed by atoms with van der Waals surface area (Å²) >= 11 is 0.